The molecule has 1 aliphatic heterocycles. The Morgan fingerprint density at radius 3 is 2.45 bits per heavy atom. The summed E-state index contributed by atoms with van der Waals surface area (Å²) in [5.74, 6) is 0. The Morgan fingerprint density at radius 2 is 2.09 bits per heavy atom. The fourth-order valence-electron chi connectivity index (χ4n) is 0.659. The van der Waals surface area contributed by atoms with Crippen LogP contribution in [0.25, 0.3) is 0 Å². The van der Waals surface area contributed by atoms with Crippen LogP contribution in [-0.2, 0) is 0 Å². The van der Waals surface area contributed by atoms with E-state index in [1.54, 1.807) is 12.2 Å². The minimum absolute atomic E-state index is 0.246. The minimum atomic E-state index is -3.92. The van der Waals surface area contributed by atoms with Gasteiger partial charge in [-0.15, -0.1) is 0 Å². The van der Waals surface area contributed by atoms with E-state index in [1.165, 1.54) is 4.08 Å². The van der Waals surface area contributed by atoms with E-state index >= 15 is 0 Å². The van der Waals surface area contributed by atoms with Gasteiger partial charge < -0.3 is 0 Å². The molecule has 0 aliphatic carbocycles. The van der Waals surface area contributed by atoms with E-state index in [1.807, 2.05) is 6.92 Å². The molecule has 1 aliphatic rings. The van der Waals surface area contributed by atoms with Crippen molar-refractivity contribution in [1.82, 2.24) is 0 Å². The van der Waals surface area contributed by atoms with Crippen molar-refractivity contribution in [3.63, 3.8) is 0 Å². The van der Waals surface area contributed by atoms with E-state index in [0.717, 1.165) is 5.57 Å². The molecular formula is C7H8F3I. The molecular weight excluding hydrogens is 268 g/mol. The summed E-state index contributed by atoms with van der Waals surface area (Å²) in [5.41, 5.74) is 0.947. The van der Waals surface area contributed by atoms with Gasteiger partial charge in [-0.2, -0.15) is 0 Å². The molecule has 0 N–H and O–H groups in total. The van der Waals surface area contributed by atoms with Crippen molar-refractivity contribution < 1.29 is 13.2 Å². The van der Waals surface area contributed by atoms with Crippen LogP contribution < -0.4 is 0 Å². The quantitative estimate of drug-likeness (QED) is 0.469. The van der Waals surface area contributed by atoms with Gasteiger partial charge in [0.1, 0.15) is 0 Å². The van der Waals surface area contributed by atoms with Crippen molar-refractivity contribution in [2.75, 3.05) is 4.43 Å². The summed E-state index contributed by atoms with van der Waals surface area (Å²) in [5, 5.41) is 0. The third kappa shape index (κ3) is 2.50. The molecule has 1 heterocycles. The van der Waals surface area contributed by atoms with Crippen molar-refractivity contribution in [3.05, 3.63) is 21.8 Å². The molecule has 0 amide bonds. The first-order valence-electron chi connectivity index (χ1n) is 3.06. The monoisotopic (exact) mass is 276 g/mol. The summed E-state index contributed by atoms with van der Waals surface area (Å²) in [7, 11) is 0. The normalized spacial score (nSPS) is 21.8. The SMILES string of the molecule is CC1=CCI(C(F)(F)F)C=C1. The molecule has 64 valence electrons. The van der Waals surface area contributed by atoms with Gasteiger partial charge in [-0.05, 0) is 0 Å². The predicted octanol–water partition coefficient (Wildman–Crippen LogP) is 3.49. The van der Waals surface area contributed by atoms with Crippen molar-refractivity contribution in [1.29, 1.82) is 0 Å². The first-order chi connectivity index (χ1) is 5.00. The molecule has 0 aromatic heterocycles. The maximum atomic E-state index is 12.1. The summed E-state index contributed by atoms with van der Waals surface area (Å²) in [6.45, 7) is 1.82. The zero-order valence-electron chi connectivity index (χ0n) is 5.95. The second-order valence-electron chi connectivity index (χ2n) is 2.22. The molecule has 4 heteroatoms. The molecule has 0 saturated heterocycles. The zero-order valence-corrected chi connectivity index (χ0v) is 8.11. The van der Waals surface area contributed by atoms with Crippen LogP contribution in [-0.4, -0.2) is 8.61 Å². The van der Waals surface area contributed by atoms with Crippen LogP contribution in [0.5, 0.6) is 0 Å². The van der Waals surface area contributed by atoms with Gasteiger partial charge >= 0.3 is 70.3 Å². The molecule has 0 aromatic rings. The van der Waals surface area contributed by atoms with Gasteiger partial charge in [0.25, 0.3) is 0 Å². The Balaban J connectivity index is 2.63. The van der Waals surface area contributed by atoms with Crippen LogP contribution in [0.4, 0.5) is 13.2 Å². The van der Waals surface area contributed by atoms with Crippen molar-refractivity contribution in [2.45, 2.75) is 11.1 Å². The van der Waals surface area contributed by atoms with Crippen molar-refractivity contribution in [2.24, 2.45) is 0 Å². The Labute approximate surface area is 70.6 Å². The fourth-order valence-corrected chi connectivity index (χ4v) is 4.03. The van der Waals surface area contributed by atoms with Crippen molar-refractivity contribution in [3.8, 4) is 0 Å². The molecule has 0 nitrogen and oxygen atoms in total. The summed E-state index contributed by atoms with van der Waals surface area (Å²) >= 11 is -2.78. The summed E-state index contributed by atoms with van der Waals surface area (Å²) in [6, 6.07) is 0. The predicted molar refractivity (Wildman–Crippen MR) is 47.8 cm³/mol. The maximum absolute atomic E-state index is 12.1. The number of rotatable bonds is 0. The van der Waals surface area contributed by atoms with E-state index in [4.69, 9.17) is 0 Å². The third-order valence-corrected chi connectivity index (χ3v) is 5.51. The Bertz CT molecular complexity index is 202. The van der Waals surface area contributed by atoms with E-state index in [9.17, 15) is 13.2 Å². The van der Waals surface area contributed by atoms with Gasteiger partial charge in [-0.1, -0.05) is 0 Å². The summed E-state index contributed by atoms with van der Waals surface area (Å²) in [6.07, 6.45) is 3.26. The third-order valence-electron chi connectivity index (χ3n) is 1.32. The van der Waals surface area contributed by atoms with Gasteiger partial charge in [-0.3, -0.25) is 0 Å². The van der Waals surface area contributed by atoms with Gasteiger partial charge in [-0.25, -0.2) is 0 Å². The van der Waals surface area contributed by atoms with Crippen LogP contribution in [0.1, 0.15) is 6.92 Å². The Kier molecular flexibility index (Phi) is 2.61. The number of hydrogen-bond acceptors (Lipinski definition) is 0. The Hall–Kier alpha value is -0.0000000000000000555. The van der Waals surface area contributed by atoms with Crippen LogP contribution in [0.3, 0.4) is 0 Å². The fraction of sp³-hybridized carbons (Fsp3) is 0.429. The van der Waals surface area contributed by atoms with Gasteiger partial charge in [0, 0.05) is 0 Å². The van der Waals surface area contributed by atoms with Gasteiger partial charge in [0.15, 0.2) is 0 Å². The molecule has 11 heavy (non-hydrogen) atoms. The van der Waals surface area contributed by atoms with Gasteiger partial charge in [0.05, 0.1) is 0 Å². The molecule has 0 aromatic carbocycles. The topological polar surface area (TPSA) is 0 Å². The Morgan fingerprint density at radius 1 is 1.45 bits per heavy atom. The van der Waals surface area contributed by atoms with E-state index in [0.29, 0.717) is 0 Å². The number of alkyl halides is 5. The molecule has 0 atom stereocenters. The van der Waals surface area contributed by atoms with Crippen LogP contribution >= 0.6 is 19.8 Å². The van der Waals surface area contributed by atoms with E-state index in [2.05, 4.69) is 0 Å². The first-order valence-corrected chi connectivity index (χ1v) is 6.91. The molecule has 0 fully saturated rings. The van der Waals surface area contributed by atoms with E-state index in [-0.39, 0.29) is 4.43 Å². The first kappa shape index (κ1) is 9.09. The summed E-state index contributed by atoms with van der Waals surface area (Å²) < 4.78 is 33.9. The van der Waals surface area contributed by atoms with Crippen LogP contribution in [0.2, 0.25) is 0 Å². The van der Waals surface area contributed by atoms with Crippen LogP contribution in [0.15, 0.2) is 21.8 Å². The molecule has 0 bridgehead atoms. The molecule has 1 rings (SSSR count). The van der Waals surface area contributed by atoms with Gasteiger partial charge in [0.2, 0.25) is 0 Å². The molecule has 0 unspecified atom stereocenters. The second-order valence-corrected chi connectivity index (χ2v) is 7.31. The zero-order chi connectivity index (χ0) is 8.48. The van der Waals surface area contributed by atoms with Crippen LogP contribution in [0, 0.1) is 0 Å². The number of hydrogen-bond donors (Lipinski definition) is 0. The average molecular weight is 276 g/mol. The average Bonchev–Trinajstić information content (AvgIpc) is 1.86. The summed E-state index contributed by atoms with van der Waals surface area (Å²) in [4.78, 5) is 0. The van der Waals surface area contributed by atoms with Crippen molar-refractivity contribution >= 4 is 19.8 Å². The number of allylic oxidation sites excluding steroid dienone is 3. The standard InChI is InChI=1S/C7H8F3I/c1-6-2-4-11(5-3-6)7(8,9)10/h2-4H,5H2,1H3. The molecule has 0 spiro atoms. The molecule has 0 radical (unpaired) electrons. The second kappa shape index (κ2) is 3.16. The molecule has 0 saturated carbocycles. The van der Waals surface area contributed by atoms with E-state index < -0.39 is 24.0 Å². The number of halogens is 4.